The van der Waals surface area contributed by atoms with Crippen LogP contribution in [0.25, 0.3) is 0 Å². The maximum absolute atomic E-state index is 12.6. The van der Waals surface area contributed by atoms with Crippen LogP contribution in [0.5, 0.6) is 0 Å². The number of aromatic nitrogens is 3. The molecule has 6 nitrogen and oxygen atoms in total. The predicted octanol–water partition coefficient (Wildman–Crippen LogP) is 2.30. The normalized spacial score (nSPS) is 11.5. The van der Waals surface area contributed by atoms with Crippen molar-refractivity contribution < 1.29 is 18.0 Å². The summed E-state index contributed by atoms with van der Waals surface area (Å²) < 4.78 is 37.8. The highest BCUT2D eigenvalue weighted by Crippen LogP contribution is 2.30. The molecule has 0 radical (unpaired) electrons. The molecule has 0 atom stereocenters. The van der Waals surface area contributed by atoms with E-state index in [1.165, 1.54) is 12.1 Å². The third kappa shape index (κ3) is 4.62. The van der Waals surface area contributed by atoms with Gasteiger partial charge >= 0.3 is 6.18 Å². The van der Waals surface area contributed by atoms with Crippen LogP contribution in [0.1, 0.15) is 18.3 Å². The van der Waals surface area contributed by atoms with Crippen LogP contribution in [0.15, 0.2) is 29.4 Å². The van der Waals surface area contributed by atoms with E-state index < -0.39 is 17.6 Å². The van der Waals surface area contributed by atoms with Crippen molar-refractivity contribution in [1.29, 1.82) is 0 Å². The lowest BCUT2D eigenvalue weighted by Crippen LogP contribution is -2.15. The van der Waals surface area contributed by atoms with Crippen molar-refractivity contribution in [3.8, 4) is 0 Å². The van der Waals surface area contributed by atoms with Crippen molar-refractivity contribution in [3.63, 3.8) is 0 Å². The van der Waals surface area contributed by atoms with Gasteiger partial charge in [0, 0.05) is 12.1 Å². The number of alkyl halides is 3. The van der Waals surface area contributed by atoms with Gasteiger partial charge in [-0.2, -0.15) is 18.0 Å². The molecule has 0 aliphatic rings. The van der Waals surface area contributed by atoms with Crippen LogP contribution in [0.3, 0.4) is 0 Å². The molecular weight excluding hydrogens is 331 g/mol. The molecule has 1 heterocycles. The third-order valence-corrected chi connectivity index (χ3v) is 3.64. The third-order valence-electron chi connectivity index (χ3n) is 2.80. The molecule has 1 amide bonds. The van der Waals surface area contributed by atoms with E-state index in [0.717, 1.165) is 28.7 Å². The van der Waals surface area contributed by atoms with Gasteiger partial charge in [0.2, 0.25) is 11.1 Å². The van der Waals surface area contributed by atoms with Gasteiger partial charge in [0.05, 0.1) is 11.3 Å². The monoisotopic (exact) mass is 345 g/mol. The number of nitrogen functional groups attached to an aromatic ring is 1. The molecule has 0 aliphatic heterocycles. The summed E-state index contributed by atoms with van der Waals surface area (Å²) in [4.78, 5) is 17.0. The minimum absolute atomic E-state index is 0.0383. The molecule has 3 N–H and O–H groups in total. The van der Waals surface area contributed by atoms with Gasteiger partial charge in [-0.05, 0) is 18.2 Å². The van der Waals surface area contributed by atoms with Gasteiger partial charge in [-0.3, -0.25) is 4.79 Å². The van der Waals surface area contributed by atoms with E-state index in [-0.39, 0.29) is 11.4 Å². The van der Waals surface area contributed by atoms with E-state index in [1.807, 2.05) is 6.92 Å². The highest BCUT2D eigenvalue weighted by Gasteiger charge is 2.30. The topological polar surface area (TPSA) is 85.8 Å². The Hall–Kier alpha value is -2.23. The highest BCUT2D eigenvalue weighted by atomic mass is 32.2. The number of anilines is 1. The highest BCUT2D eigenvalue weighted by molar-refractivity contribution is 7.99. The van der Waals surface area contributed by atoms with E-state index >= 15 is 0 Å². The molecule has 23 heavy (non-hydrogen) atoms. The Morgan fingerprint density at radius 2 is 2.17 bits per heavy atom. The summed E-state index contributed by atoms with van der Waals surface area (Å²) in [5, 5.41) is 6.67. The SMILES string of the molecule is CCc1nc(SCC(=O)Nc2cccc(C(F)(F)F)c2)nn1N. The average molecular weight is 345 g/mol. The Kier molecular flexibility index (Phi) is 5.14. The summed E-state index contributed by atoms with van der Waals surface area (Å²) >= 11 is 1.05. The molecule has 10 heteroatoms. The number of rotatable bonds is 5. The van der Waals surface area contributed by atoms with Gasteiger partial charge in [0.25, 0.3) is 0 Å². The lowest BCUT2D eigenvalue weighted by atomic mass is 10.2. The van der Waals surface area contributed by atoms with Gasteiger partial charge in [0.15, 0.2) is 5.82 Å². The Labute approximate surface area is 134 Å². The molecule has 0 saturated heterocycles. The van der Waals surface area contributed by atoms with Crippen LogP contribution < -0.4 is 11.2 Å². The summed E-state index contributed by atoms with van der Waals surface area (Å²) in [5.74, 6) is 5.64. The fourth-order valence-corrected chi connectivity index (χ4v) is 2.38. The summed E-state index contributed by atoms with van der Waals surface area (Å²) in [6, 6.07) is 4.44. The Bertz CT molecular complexity index is 701. The molecule has 0 unspecified atom stereocenters. The number of thioether (sulfide) groups is 1. The molecular formula is C13H14F3N5OS. The number of halogens is 3. The summed E-state index contributed by atoms with van der Waals surface area (Å²) in [7, 11) is 0. The fraction of sp³-hybridized carbons (Fsp3) is 0.308. The van der Waals surface area contributed by atoms with Crippen LogP contribution in [0.4, 0.5) is 18.9 Å². The summed E-state index contributed by atoms with van der Waals surface area (Å²) in [5.41, 5.74) is -0.740. The average Bonchev–Trinajstić information content (AvgIpc) is 2.85. The standard InChI is InChI=1S/C13H14F3N5OS/c1-2-10-19-12(20-21(10)17)23-7-11(22)18-9-5-3-4-8(6-9)13(14,15)16/h3-6H,2,7,17H2,1H3,(H,18,22). The van der Waals surface area contributed by atoms with Crippen LogP contribution in [0, 0.1) is 0 Å². The molecule has 1 aromatic heterocycles. The van der Waals surface area contributed by atoms with Gasteiger partial charge in [-0.1, -0.05) is 24.8 Å². The quantitative estimate of drug-likeness (QED) is 0.641. The van der Waals surface area contributed by atoms with Gasteiger partial charge in [0.1, 0.15) is 0 Å². The first-order valence-electron chi connectivity index (χ1n) is 6.60. The van der Waals surface area contributed by atoms with Crippen molar-refractivity contribution >= 4 is 23.4 Å². The molecule has 0 aliphatic carbocycles. The molecule has 0 fully saturated rings. The zero-order valence-electron chi connectivity index (χ0n) is 12.1. The van der Waals surface area contributed by atoms with Gasteiger partial charge < -0.3 is 11.2 Å². The Balaban J connectivity index is 1.94. The van der Waals surface area contributed by atoms with Crippen LogP contribution in [-0.4, -0.2) is 26.5 Å². The second-order valence-corrected chi connectivity index (χ2v) is 5.47. The predicted molar refractivity (Wildman–Crippen MR) is 80.3 cm³/mol. The van der Waals surface area contributed by atoms with Crippen molar-refractivity contribution in [3.05, 3.63) is 35.7 Å². The first-order chi connectivity index (χ1) is 10.8. The molecule has 124 valence electrons. The Morgan fingerprint density at radius 3 is 2.78 bits per heavy atom. The number of nitrogens with zero attached hydrogens (tertiary/aromatic N) is 3. The molecule has 1 aromatic carbocycles. The largest absolute Gasteiger partial charge is 0.416 e. The number of carbonyl (C=O) groups is 1. The zero-order chi connectivity index (χ0) is 17.0. The Morgan fingerprint density at radius 1 is 1.43 bits per heavy atom. The number of aryl methyl sites for hydroxylation is 1. The number of amides is 1. The van der Waals surface area contributed by atoms with Crippen molar-refractivity contribution in [1.82, 2.24) is 14.9 Å². The first kappa shape index (κ1) is 17.1. The summed E-state index contributed by atoms with van der Waals surface area (Å²) in [6.07, 6.45) is -3.86. The maximum Gasteiger partial charge on any atom is 0.416 e. The molecule has 2 aromatic rings. The van der Waals surface area contributed by atoms with Crippen molar-refractivity contribution in [2.75, 3.05) is 16.9 Å². The van der Waals surface area contributed by atoms with Crippen LogP contribution in [-0.2, 0) is 17.4 Å². The number of benzene rings is 1. The van der Waals surface area contributed by atoms with Crippen LogP contribution >= 0.6 is 11.8 Å². The first-order valence-corrected chi connectivity index (χ1v) is 7.59. The fourth-order valence-electron chi connectivity index (χ4n) is 1.74. The lowest BCUT2D eigenvalue weighted by molar-refractivity contribution is -0.137. The summed E-state index contributed by atoms with van der Waals surface area (Å²) in [6.45, 7) is 1.86. The van der Waals surface area contributed by atoms with Crippen LogP contribution in [0.2, 0.25) is 0 Å². The van der Waals surface area contributed by atoms with Crippen molar-refractivity contribution in [2.45, 2.75) is 24.7 Å². The second-order valence-electron chi connectivity index (χ2n) is 4.52. The number of nitrogens with two attached hydrogens (primary N) is 1. The molecule has 0 bridgehead atoms. The maximum atomic E-state index is 12.6. The van der Waals surface area contributed by atoms with E-state index in [1.54, 1.807) is 0 Å². The second kappa shape index (κ2) is 6.90. The van der Waals surface area contributed by atoms with Gasteiger partial charge in [-0.25, -0.2) is 4.98 Å². The zero-order valence-corrected chi connectivity index (χ0v) is 12.9. The minimum atomic E-state index is -4.45. The van der Waals surface area contributed by atoms with E-state index in [2.05, 4.69) is 15.4 Å². The van der Waals surface area contributed by atoms with E-state index in [9.17, 15) is 18.0 Å². The molecule has 0 saturated carbocycles. The number of nitrogens with one attached hydrogen (secondary N) is 1. The smallest absolute Gasteiger partial charge is 0.325 e. The molecule has 0 spiro atoms. The van der Waals surface area contributed by atoms with Gasteiger partial charge in [-0.15, -0.1) is 5.10 Å². The van der Waals surface area contributed by atoms with E-state index in [0.29, 0.717) is 17.4 Å². The number of hydrogen-bond donors (Lipinski definition) is 2. The van der Waals surface area contributed by atoms with Crippen molar-refractivity contribution in [2.24, 2.45) is 0 Å². The minimum Gasteiger partial charge on any atom is -0.325 e. The lowest BCUT2D eigenvalue weighted by Gasteiger charge is -2.09. The molecule has 2 rings (SSSR count). The van der Waals surface area contributed by atoms with E-state index in [4.69, 9.17) is 5.84 Å². The number of carbonyl (C=O) groups excluding carboxylic acids is 1. The number of hydrogen-bond acceptors (Lipinski definition) is 5.